The number of aromatic nitrogens is 1. The van der Waals surface area contributed by atoms with E-state index in [9.17, 15) is 0 Å². The van der Waals surface area contributed by atoms with Gasteiger partial charge in [0, 0.05) is 10.9 Å². The third-order valence-corrected chi connectivity index (χ3v) is 3.51. The Labute approximate surface area is 105 Å². The fourth-order valence-corrected chi connectivity index (χ4v) is 2.51. The van der Waals surface area contributed by atoms with Gasteiger partial charge in [0.1, 0.15) is 15.8 Å². The molecule has 0 aliphatic rings. The average molecular weight is 251 g/mol. The number of hydrogen-bond acceptors (Lipinski definition) is 4. The molecule has 16 heavy (non-hydrogen) atoms. The molecule has 0 saturated carbocycles. The van der Waals surface area contributed by atoms with Crippen LogP contribution < -0.4 is 4.74 Å². The number of rotatable bonds is 3. The number of thiol groups is 1. The topological polar surface area (TPSA) is 22.1 Å². The third kappa shape index (κ3) is 2.39. The van der Waals surface area contributed by atoms with E-state index in [0.29, 0.717) is 6.61 Å². The average Bonchev–Trinajstić information content (AvgIpc) is 2.68. The molecule has 0 radical (unpaired) electrons. The van der Waals surface area contributed by atoms with Gasteiger partial charge in [0.05, 0.1) is 6.61 Å². The highest BCUT2D eigenvalue weighted by Crippen LogP contribution is 2.29. The van der Waals surface area contributed by atoms with Gasteiger partial charge in [-0.2, -0.15) is 0 Å². The number of hydrogen-bond donors (Lipinski definition) is 1. The molecule has 2 rings (SSSR count). The van der Waals surface area contributed by atoms with E-state index in [1.165, 1.54) is 0 Å². The van der Waals surface area contributed by atoms with Crippen LogP contribution in [0, 0.1) is 6.92 Å². The molecule has 0 saturated heterocycles. The van der Waals surface area contributed by atoms with Crippen molar-refractivity contribution in [1.82, 2.24) is 4.98 Å². The van der Waals surface area contributed by atoms with Gasteiger partial charge < -0.3 is 4.74 Å². The molecule has 4 heteroatoms. The van der Waals surface area contributed by atoms with E-state index in [0.717, 1.165) is 26.9 Å². The maximum atomic E-state index is 5.50. The zero-order valence-electron chi connectivity index (χ0n) is 9.23. The van der Waals surface area contributed by atoms with Crippen molar-refractivity contribution in [3.63, 3.8) is 0 Å². The van der Waals surface area contributed by atoms with E-state index in [2.05, 4.69) is 23.7 Å². The van der Waals surface area contributed by atoms with Crippen molar-refractivity contribution in [3.05, 3.63) is 29.1 Å². The Morgan fingerprint density at radius 1 is 1.44 bits per heavy atom. The summed E-state index contributed by atoms with van der Waals surface area (Å²) in [5.74, 6) is 0.939. The molecule has 0 spiro atoms. The number of aryl methyl sites for hydroxylation is 1. The van der Waals surface area contributed by atoms with Crippen LogP contribution in [0.4, 0.5) is 0 Å². The summed E-state index contributed by atoms with van der Waals surface area (Å²) in [5.41, 5.74) is 2.25. The van der Waals surface area contributed by atoms with Crippen molar-refractivity contribution in [3.8, 4) is 16.3 Å². The molecular formula is C12H13NOS2. The van der Waals surface area contributed by atoms with Crippen LogP contribution in [0.15, 0.2) is 28.6 Å². The van der Waals surface area contributed by atoms with E-state index < -0.39 is 0 Å². The van der Waals surface area contributed by atoms with Crippen molar-refractivity contribution >= 4 is 24.0 Å². The van der Waals surface area contributed by atoms with Crippen molar-refractivity contribution in [2.45, 2.75) is 18.9 Å². The minimum atomic E-state index is 0.693. The van der Waals surface area contributed by atoms with Gasteiger partial charge in [-0.25, -0.2) is 4.98 Å². The summed E-state index contributed by atoms with van der Waals surface area (Å²) in [6.07, 6.45) is 0. The molecule has 0 aliphatic heterocycles. The SMILES string of the molecule is CCOc1ccc(-c2nc(S)cs2)cc1C. The number of nitrogens with zero attached hydrogens (tertiary/aromatic N) is 1. The second kappa shape index (κ2) is 4.89. The highest BCUT2D eigenvalue weighted by Gasteiger charge is 2.05. The minimum absolute atomic E-state index is 0.693. The first kappa shape index (κ1) is 11.5. The molecule has 0 aliphatic carbocycles. The number of thiazole rings is 1. The van der Waals surface area contributed by atoms with Crippen LogP contribution in [0.1, 0.15) is 12.5 Å². The summed E-state index contributed by atoms with van der Waals surface area (Å²) in [5, 5.41) is 3.70. The lowest BCUT2D eigenvalue weighted by Gasteiger charge is -2.07. The highest BCUT2D eigenvalue weighted by atomic mass is 32.1. The fraction of sp³-hybridized carbons (Fsp3) is 0.250. The van der Waals surface area contributed by atoms with Gasteiger partial charge in [-0.3, -0.25) is 0 Å². The lowest BCUT2D eigenvalue weighted by atomic mass is 10.1. The number of benzene rings is 1. The molecule has 0 bridgehead atoms. The monoisotopic (exact) mass is 251 g/mol. The van der Waals surface area contributed by atoms with Gasteiger partial charge in [-0.1, -0.05) is 0 Å². The quantitative estimate of drug-likeness (QED) is 0.838. The lowest BCUT2D eigenvalue weighted by Crippen LogP contribution is -1.93. The molecule has 0 atom stereocenters. The van der Waals surface area contributed by atoms with E-state index >= 15 is 0 Å². The molecule has 0 unspecified atom stereocenters. The van der Waals surface area contributed by atoms with Crippen LogP contribution in [0.5, 0.6) is 5.75 Å². The molecule has 2 nitrogen and oxygen atoms in total. The molecule has 1 aromatic carbocycles. The standard InChI is InChI=1S/C12H13NOS2/c1-3-14-10-5-4-9(6-8(10)2)12-13-11(15)7-16-12/h4-7,15H,3H2,1-2H3. The Kier molecular flexibility index (Phi) is 3.51. The minimum Gasteiger partial charge on any atom is -0.494 e. The predicted molar refractivity (Wildman–Crippen MR) is 70.7 cm³/mol. The summed E-state index contributed by atoms with van der Waals surface area (Å²) >= 11 is 5.81. The Morgan fingerprint density at radius 3 is 2.81 bits per heavy atom. The van der Waals surface area contributed by atoms with Crippen LogP contribution in [0.25, 0.3) is 10.6 Å². The molecule has 1 aromatic heterocycles. The van der Waals surface area contributed by atoms with Crippen LogP contribution in [0.2, 0.25) is 0 Å². The van der Waals surface area contributed by atoms with Crippen molar-refractivity contribution < 1.29 is 4.74 Å². The fourth-order valence-electron chi connectivity index (χ4n) is 1.50. The van der Waals surface area contributed by atoms with Crippen molar-refractivity contribution in [2.75, 3.05) is 6.61 Å². The van der Waals surface area contributed by atoms with Gasteiger partial charge in [0.2, 0.25) is 0 Å². The molecule has 0 N–H and O–H groups in total. The zero-order chi connectivity index (χ0) is 11.5. The first-order chi connectivity index (χ1) is 7.70. The van der Waals surface area contributed by atoms with Crippen molar-refractivity contribution in [2.24, 2.45) is 0 Å². The molecule has 1 heterocycles. The van der Waals surface area contributed by atoms with Gasteiger partial charge in [-0.05, 0) is 37.6 Å². The van der Waals surface area contributed by atoms with Gasteiger partial charge in [0.25, 0.3) is 0 Å². The Morgan fingerprint density at radius 2 is 2.25 bits per heavy atom. The van der Waals surface area contributed by atoms with E-state index in [4.69, 9.17) is 4.74 Å². The Bertz CT molecular complexity index is 494. The summed E-state index contributed by atoms with van der Waals surface area (Å²) < 4.78 is 5.50. The summed E-state index contributed by atoms with van der Waals surface area (Å²) in [4.78, 5) is 4.34. The second-order valence-corrected chi connectivity index (χ2v) is 4.74. The molecule has 0 fully saturated rings. The normalized spacial score (nSPS) is 10.4. The predicted octanol–water partition coefficient (Wildman–Crippen LogP) is 3.81. The molecule has 84 valence electrons. The highest BCUT2D eigenvalue weighted by molar-refractivity contribution is 7.80. The van der Waals surface area contributed by atoms with Crippen LogP contribution in [-0.4, -0.2) is 11.6 Å². The first-order valence-electron chi connectivity index (χ1n) is 5.09. The summed E-state index contributed by atoms with van der Waals surface area (Å²) in [6.45, 7) is 4.73. The maximum absolute atomic E-state index is 5.50. The van der Waals surface area contributed by atoms with Gasteiger partial charge in [0.15, 0.2) is 0 Å². The second-order valence-electron chi connectivity index (χ2n) is 3.42. The molecule has 0 amide bonds. The van der Waals surface area contributed by atoms with Gasteiger partial charge in [-0.15, -0.1) is 24.0 Å². The lowest BCUT2D eigenvalue weighted by molar-refractivity contribution is 0.338. The Hall–Kier alpha value is -1.00. The third-order valence-electron chi connectivity index (χ3n) is 2.21. The van der Waals surface area contributed by atoms with E-state index in [1.54, 1.807) is 11.3 Å². The number of ether oxygens (including phenoxy) is 1. The Balaban J connectivity index is 2.34. The van der Waals surface area contributed by atoms with Crippen LogP contribution in [0.3, 0.4) is 0 Å². The summed E-state index contributed by atoms with van der Waals surface area (Å²) in [6, 6.07) is 6.12. The largest absolute Gasteiger partial charge is 0.494 e. The summed E-state index contributed by atoms with van der Waals surface area (Å²) in [7, 11) is 0. The van der Waals surface area contributed by atoms with Crippen LogP contribution >= 0.6 is 24.0 Å². The van der Waals surface area contributed by atoms with Crippen LogP contribution in [-0.2, 0) is 0 Å². The van der Waals surface area contributed by atoms with E-state index in [1.807, 2.05) is 31.4 Å². The smallest absolute Gasteiger partial charge is 0.124 e. The maximum Gasteiger partial charge on any atom is 0.124 e. The molecular weight excluding hydrogens is 238 g/mol. The van der Waals surface area contributed by atoms with Crippen molar-refractivity contribution in [1.29, 1.82) is 0 Å². The van der Waals surface area contributed by atoms with Gasteiger partial charge >= 0.3 is 0 Å². The first-order valence-corrected chi connectivity index (χ1v) is 6.41. The molecule has 2 aromatic rings. The zero-order valence-corrected chi connectivity index (χ0v) is 10.9. The van der Waals surface area contributed by atoms with E-state index in [-0.39, 0.29) is 0 Å².